The highest BCUT2D eigenvalue weighted by molar-refractivity contribution is 7.11. The standard InChI is InChI=1S/C21H24N10OS/c1-12-9-14-11-28(5-3-15(14)24-10-12)6-7-29-20-26-18-17(31(20)27-21(29)32)16(19-23-4-8-33-19)25-13(2)30(18)22/h4,8-10,13H,3,5-7,11,22H2,1-2H3,(H,27,32). The number of anilines is 1. The lowest BCUT2D eigenvalue weighted by Gasteiger charge is -2.28. The Balaban J connectivity index is 1.32. The maximum absolute atomic E-state index is 12.9. The summed E-state index contributed by atoms with van der Waals surface area (Å²) in [5.74, 6) is 7.38. The van der Waals surface area contributed by atoms with Gasteiger partial charge in [-0.2, -0.15) is 4.98 Å². The van der Waals surface area contributed by atoms with Crippen molar-refractivity contribution < 1.29 is 0 Å². The SMILES string of the molecule is Cc1cnc2c(c1)CN(CCn1c(=O)[nH]n3c4c(nc13)N(N)C(C)N=C4c1nccs1)CC2. The summed E-state index contributed by atoms with van der Waals surface area (Å²) < 4.78 is 3.35. The number of nitrogens with two attached hydrogens (primary N) is 1. The van der Waals surface area contributed by atoms with Crippen molar-refractivity contribution in [3.8, 4) is 0 Å². The van der Waals surface area contributed by atoms with Crippen LogP contribution in [0.25, 0.3) is 5.78 Å². The Morgan fingerprint density at radius 1 is 1.30 bits per heavy atom. The van der Waals surface area contributed by atoms with Crippen LogP contribution in [0.4, 0.5) is 5.82 Å². The number of hydrogen-bond donors (Lipinski definition) is 2. The van der Waals surface area contributed by atoms with Crippen LogP contribution in [0.15, 0.2) is 33.6 Å². The first-order chi connectivity index (χ1) is 16.0. The molecule has 11 nitrogen and oxygen atoms in total. The molecule has 0 bridgehead atoms. The predicted molar refractivity (Wildman–Crippen MR) is 126 cm³/mol. The van der Waals surface area contributed by atoms with E-state index in [2.05, 4.69) is 33.0 Å². The number of aromatic amines is 1. The molecule has 1 atom stereocenters. The number of hydrazine groups is 1. The molecular formula is C21H24N10OS. The Hall–Kier alpha value is -3.35. The van der Waals surface area contributed by atoms with Gasteiger partial charge in [-0.05, 0) is 25.0 Å². The van der Waals surface area contributed by atoms with E-state index in [0.29, 0.717) is 29.5 Å². The van der Waals surface area contributed by atoms with Crippen molar-refractivity contribution in [3.63, 3.8) is 0 Å². The number of fused-ring (bicyclic) bond motifs is 4. The zero-order valence-electron chi connectivity index (χ0n) is 18.4. The van der Waals surface area contributed by atoms with Crippen molar-refractivity contribution in [2.45, 2.75) is 39.5 Å². The molecule has 170 valence electrons. The Morgan fingerprint density at radius 2 is 2.18 bits per heavy atom. The van der Waals surface area contributed by atoms with Gasteiger partial charge in [0.1, 0.15) is 22.6 Å². The molecule has 3 N–H and O–H groups in total. The minimum Gasteiger partial charge on any atom is -0.297 e. The van der Waals surface area contributed by atoms with Crippen molar-refractivity contribution in [1.29, 1.82) is 0 Å². The lowest BCUT2D eigenvalue weighted by atomic mass is 10.0. The maximum Gasteiger partial charge on any atom is 0.343 e. The summed E-state index contributed by atoms with van der Waals surface area (Å²) in [6.45, 7) is 6.96. The number of H-pyrrole nitrogens is 1. The molecule has 0 saturated heterocycles. The molecule has 2 aliphatic heterocycles. The van der Waals surface area contributed by atoms with Gasteiger partial charge in [-0.1, -0.05) is 6.07 Å². The van der Waals surface area contributed by atoms with E-state index in [1.807, 2.05) is 18.5 Å². The minimum absolute atomic E-state index is 0.212. The third-order valence-electron chi connectivity index (χ3n) is 6.25. The molecule has 0 spiro atoms. The monoisotopic (exact) mass is 464 g/mol. The Kier molecular flexibility index (Phi) is 4.67. The van der Waals surface area contributed by atoms with E-state index >= 15 is 0 Å². The number of aliphatic imine (C=N–C) groups is 1. The molecule has 12 heteroatoms. The zero-order valence-corrected chi connectivity index (χ0v) is 19.2. The summed E-state index contributed by atoms with van der Waals surface area (Å²) in [5, 5.41) is 7.11. The van der Waals surface area contributed by atoms with Crippen molar-refractivity contribution in [2.24, 2.45) is 10.8 Å². The number of aryl methyl sites for hydroxylation is 1. The third kappa shape index (κ3) is 3.29. The molecule has 1 unspecified atom stereocenters. The van der Waals surface area contributed by atoms with Gasteiger partial charge in [0.15, 0.2) is 5.82 Å². The maximum atomic E-state index is 12.9. The molecule has 0 radical (unpaired) electrons. The van der Waals surface area contributed by atoms with Crippen molar-refractivity contribution in [1.82, 2.24) is 34.0 Å². The number of nitrogens with zero attached hydrogens (tertiary/aromatic N) is 8. The molecule has 33 heavy (non-hydrogen) atoms. The topological polar surface area (TPSA) is 126 Å². The predicted octanol–water partition coefficient (Wildman–Crippen LogP) is 0.919. The summed E-state index contributed by atoms with van der Waals surface area (Å²) in [6.07, 6.45) is 4.29. The van der Waals surface area contributed by atoms with Gasteiger partial charge >= 0.3 is 5.69 Å². The van der Waals surface area contributed by atoms with Crippen molar-refractivity contribution >= 4 is 28.6 Å². The fraction of sp³-hybridized carbons (Fsp3) is 0.381. The number of aromatic nitrogens is 6. The first-order valence-electron chi connectivity index (χ1n) is 10.9. The molecule has 0 amide bonds. The molecular weight excluding hydrogens is 440 g/mol. The second-order valence-electron chi connectivity index (χ2n) is 8.49. The highest BCUT2D eigenvalue weighted by Crippen LogP contribution is 2.29. The van der Waals surface area contributed by atoms with E-state index in [1.54, 1.807) is 15.3 Å². The van der Waals surface area contributed by atoms with Gasteiger partial charge in [0.2, 0.25) is 5.78 Å². The highest BCUT2D eigenvalue weighted by atomic mass is 32.1. The van der Waals surface area contributed by atoms with E-state index in [1.165, 1.54) is 33.2 Å². The summed E-state index contributed by atoms with van der Waals surface area (Å²) >= 11 is 1.49. The van der Waals surface area contributed by atoms with Crippen molar-refractivity contribution in [2.75, 3.05) is 18.1 Å². The number of imidazole rings is 1. The largest absolute Gasteiger partial charge is 0.343 e. The first kappa shape index (κ1) is 20.3. The minimum atomic E-state index is -0.290. The first-order valence-corrected chi connectivity index (χ1v) is 11.8. The third-order valence-corrected chi connectivity index (χ3v) is 7.03. The number of hydrogen-bond acceptors (Lipinski definition) is 9. The molecule has 0 aliphatic carbocycles. The van der Waals surface area contributed by atoms with E-state index in [9.17, 15) is 4.79 Å². The Bertz CT molecular complexity index is 1430. The smallest absolute Gasteiger partial charge is 0.297 e. The fourth-order valence-corrected chi connectivity index (χ4v) is 5.18. The molecule has 4 aromatic rings. The molecule has 6 heterocycles. The second-order valence-corrected chi connectivity index (χ2v) is 9.38. The van der Waals surface area contributed by atoms with Crippen LogP contribution in [0, 0.1) is 6.92 Å². The number of nitrogens with one attached hydrogen (secondary N) is 1. The zero-order chi connectivity index (χ0) is 22.7. The Morgan fingerprint density at radius 3 is 3.00 bits per heavy atom. The van der Waals surface area contributed by atoms with Gasteiger partial charge in [0, 0.05) is 56.1 Å². The van der Waals surface area contributed by atoms with Gasteiger partial charge in [0.25, 0.3) is 0 Å². The van der Waals surface area contributed by atoms with Crippen LogP contribution in [0.1, 0.15) is 34.4 Å². The molecule has 2 aliphatic rings. The fourth-order valence-electron chi connectivity index (χ4n) is 4.55. The Labute approximate surface area is 193 Å². The number of rotatable bonds is 4. The van der Waals surface area contributed by atoms with Crippen LogP contribution in [-0.4, -0.2) is 59.0 Å². The quantitative estimate of drug-likeness (QED) is 0.430. The van der Waals surface area contributed by atoms with Crippen LogP contribution in [0.2, 0.25) is 0 Å². The van der Waals surface area contributed by atoms with Crippen LogP contribution >= 0.6 is 11.3 Å². The highest BCUT2D eigenvalue weighted by Gasteiger charge is 2.32. The lowest BCUT2D eigenvalue weighted by molar-refractivity contribution is 0.242. The molecule has 0 fully saturated rings. The average Bonchev–Trinajstić information content (AvgIpc) is 3.51. The summed E-state index contributed by atoms with van der Waals surface area (Å²) in [5.41, 5.74) is 4.73. The van der Waals surface area contributed by atoms with E-state index in [-0.39, 0.29) is 11.9 Å². The van der Waals surface area contributed by atoms with Gasteiger partial charge in [0.05, 0.1) is 0 Å². The average molecular weight is 465 g/mol. The normalized spacial score (nSPS) is 18.5. The molecule has 4 aromatic heterocycles. The number of thiazole rings is 1. The lowest BCUT2D eigenvalue weighted by Crippen LogP contribution is -2.43. The van der Waals surface area contributed by atoms with Crippen LogP contribution in [-0.2, 0) is 19.5 Å². The van der Waals surface area contributed by atoms with E-state index < -0.39 is 0 Å². The summed E-state index contributed by atoms with van der Waals surface area (Å²) in [4.78, 5) is 33.6. The van der Waals surface area contributed by atoms with Crippen LogP contribution in [0.5, 0.6) is 0 Å². The summed E-state index contributed by atoms with van der Waals surface area (Å²) in [6, 6.07) is 2.20. The van der Waals surface area contributed by atoms with Gasteiger partial charge in [-0.15, -0.1) is 11.3 Å². The van der Waals surface area contributed by atoms with Crippen LogP contribution < -0.4 is 16.5 Å². The van der Waals surface area contributed by atoms with E-state index in [0.717, 1.165) is 31.1 Å². The van der Waals surface area contributed by atoms with Gasteiger partial charge < -0.3 is 0 Å². The van der Waals surface area contributed by atoms with Gasteiger partial charge in [-0.25, -0.2) is 25.2 Å². The number of pyridine rings is 1. The summed E-state index contributed by atoms with van der Waals surface area (Å²) in [7, 11) is 0. The molecule has 0 aromatic carbocycles. The molecule has 0 saturated carbocycles. The van der Waals surface area contributed by atoms with Crippen LogP contribution in [0.3, 0.4) is 0 Å². The van der Waals surface area contributed by atoms with Crippen molar-refractivity contribution in [3.05, 3.63) is 61.8 Å². The molecule has 6 rings (SSSR count). The van der Waals surface area contributed by atoms with E-state index in [4.69, 9.17) is 15.8 Å². The van der Waals surface area contributed by atoms with Gasteiger partial charge in [-0.3, -0.25) is 24.5 Å². The second kappa shape index (κ2) is 7.61.